The molecule has 22 heavy (non-hydrogen) atoms. The average molecular weight is 299 g/mol. The van der Waals surface area contributed by atoms with E-state index in [4.69, 9.17) is 5.73 Å². The standard InChI is InChI=1S/C15H21N7/c1-11-9-14(19-15(16)18-11)21(2)10-12-5-4-8-22(12)13-6-3-7-17-20-13/h3,6-7,9,12H,4-5,8,10H2,1-2H3,(H2,16,18,19). The predicted octanol–water partition coefficient (Wildman–Crippen LogP) is 1.26. The third kappa shape index (κ3) is 3.08. The SMILES string of the molecule is Cc1cc(N(C)CC2CCCN2c2cccnn2)nc(N)n1. The van der Waals surface area contributed by atoms with Crippen LogP contribution in [0, 0.1) is 6.92 Å². The Morgan fingerprint density at radius 1 is 1.41 bits per heavy atom. The molecule has 7 heteroatoms. The zero-order valence-corrected chi connectivity index (χ0v) is 13.0. The van der Waals surface area contributed by atoms with Crippen LogP contribution in [-0.2, 0) is 0 Å². The van der Waals surface area contributed by atoms with E-state index >= 15 is 0 Å². The molecule has 2 N–H and O–H groups in total. The number of hydrogen-bond acceptors (Lipinski definition) is 7. The van der Waals surface area contributed by atoms with E-state index in [2.05, 4.69) is 30.0 Å². The number of anilines is 3. The van der Waals surface area contributed by atoms with Crippen LogP contribution in [0.4, 0.5) is 17.6 Å². The van der Waals surface area contributed by atoms with Gasteiger partial charge in [0.15, 0.2) is 5.82 Å². The molecule has 1 aliphatic heterocycles. The molecular weight excluding hydrogens is 278 g/mol. The minimum absolute atomic E-state index is 0.319. The molecular formula is C15H21N7. The quantitative estimate of drug-likeness (QED) is 0.909. The summed E-state index contributed by atoms with van der Waals surface area (Å²) in [5, 5.41) is 8.21. The highest BCUT2D eigenvalue weighted by molar-refractivity contribution is 5.45. The smallest absolute Gasteiger partial charge is 0.222 e. The van der Waals surface area contributed by atoms with Crippen LogP contribution in [0.2, 0.25) is 0 Å². The van der Waals surface area contributed by atoms with E-state index in [1.807, 2.05) is 32.2 Å². The van der Waals surface area contributed by atoms with E-state index in [-0.39, 0.29) is 0 Å². The highest BCUT2D eigenvalue weighted by atomic mass is 15.3. The summed E-state index contributed by atoms with van der Waals surface area (Å²) in [4.78, 5) is 12.9. The first kappa shape index (κ1) is 14.5. The Morgan fingerprint density at radius 3 is 3.00 bits per heavy atom. The molecule has 0 amide bonds. The predicted molar refractivity (Wildman–Crippen MR) is 86.9 cm³/mol. The maximum absolute atomic E-state index is 5.75. The Bertz CT molecular complexity index is 611. The van der Waals surface area contributed by atoms with Crippen molar-refractivity contribution >= 4 is 17.6 Å². The Morgan fingerprint density at radius 2 is 2.27 bits per heavy atom. The van der Waals surface area contributed by atoms with Gasteiger partial charge in [-0.1, -0.05) is 0 Å². The van der Waals surface area contributed by atoms with E-state index in [0.717, 1.165) is 36.8 Å². The highest BCUT2D eigenvalue weighted by Crippen LogP contribution is 2.24. The first-order valence-electron chi connectivity index (χ1n) is 7.50. The summed E-state index contributed by atoms with van der Waals surface area (Å²) in [6.07, 6.45) is 4.01. The molecule has 116 valence electrons. The fraction of sp³-hybridized carbons (Fsp3) is 0.467. The lowest BCUT2D eigenvalue weighted by Gasteiger charge is -2.29. The topological polar surface area (TPSA) is 84.1 Å². The van der Waals surface area contributed by atoms with Crippen molar-refractivity contribution in [3.05, 3.63) is 30.1 Å². The van der Waals surface area contributed by atoms with Crippen molar-refractivity contribution in [1.29, 1.82) is 0 Å². The van der Waals surface area contributed by atoms with E-state index in [1.54, 1.807) is 6.20 Å². The Balaban J connectivity index is 1.74. The molecule has 3 rings (SSSR count). The molecule has 2 aromatic heterocycles. The summed E-state index contributed by atoms with van der Waals surface area (Å²) in [6.45, 7) is 3.81. The summed E-state index contributed by atoms with van der Waals surface area (Å²) >= 11 is 0. The van der Waals surface area contributed by atoms with Crippen LogP contribution < -0.4 is 15.5 Å². The molecule has 0 aromatic carbocycles. The van der Waals surface area contributed by atoms with Crippen molar-refractivity contribution in [3.63, 3.8) is 0 Å². The van der Waals surface area contributed by atoms with Gasteiger partial charge in [-0.3, -0.25) is 0 Å². The van der Waals surface area contributed by atoms with E-state index in [0.29, 0.717) is 12.0 Å². The number of aryl methyl sites for hydroxylation is 1. The van der Waals surface area contributed by atoms with Crippen molar-refractivity contribution in [2.75, 3.05) is 35.7 Å². The van der Waals surface area contributed by atoms with Gasteiger partial charge in [-0.25, -0.2) is 4.98 Å². The fourth-order valence-electron chi connectivity index (χ4n) is 2.95. The van der Waals surface area contributed by atoms with Crippen LogP contribution in [0.3, 0.4) is 0 Å². The van der Waals surface area contributed by atoms with Gasteiger partial charge in [-0.05, 0) is 31.9 Å². The minimum atomic E-state index is 0.319. The van der Waals surface area contributed by atoms with Gasteiger partial charge in [0.2, 0.25) is 5.95 Å². The third-order valence-electron chi connectivity index (χ3n) is 3.96. The number of aromatic nitrogens is 4. The Kier molecular flexibility index (Phi) is 4.04. The fourth-order valence-corrected chi connectivity index (χ4v) is 2.95. The summed E-state index contributed by atoms with van der Waals surface area (Å²) in [6, 6.07) is 6.30. The first-order valence-corrected chi connectivity index (χ1v) is 7.50. The summed E-state index contributed by atoms with van der Waals surface area (Å²) < 4.78 is 0. The Hall–Kier alpha value is -2.44. The average Bonchev–Trinajstić information content (AvgIpc) is 2.95. The van der Waals surface area contributed by atoms with Crippen molar-refractivity contribution < 1.29 is 0 Å². The lowest BCUT2D eigenvalue weighted by molar-refractivity contribution is 0.643. The molecule has 1 atom stereocenters. The molecule has 2 aromatic rings. The zero-order valence-electron chi connectivity index (χ0n) is 13.0. The van der Waals surface area contributed by atoms with Crippen molar-refractivity contribution in [3.8, 4) is 0 Å². The first-order chi connectivity index (χ1) is 10.6. The second kappa shape index (κ2) is 6.13. The van der Waals surface area contributed by atoms with Crippen LogP contribution in [-0.4, -0.2) is 46.3 Å². The molecule has 0 radical (unpaired) electrons. The largest absolute Gasteiger partial charge is 0.368 e. The second-order valence-electron chi connectivity index (χ2n) is 5.68. The zero-order chi connectivity index (χ0) is 15.5. The summed E-state index contributed by atoms with van der Waals surface area (Å²) in [5.74, 6) is 2.12. The molecule has 7 nitrogen and oxygen atoms in total. The van der Waals surface area contributed by atoms with Crippen molar-refractivity contribution in [2.24, 2.45) is 0 Å². The molecule has 1 fully saturated rings. The van der Waals surface area contributed by atoms with Gasteiger partial charge in [0, 0.05) is 44.1 Å². The second-order valence-corrected chi connectivity index (χ2v) is 5.68. The van der Waals surface area contributed by atoms with E-state index in [9.17, 15) is 0 Å². The lowest BCUT2D eigenvalue weighted by Crippen LogP contribution is -2.39. The van der Waals surface area contributed by atoms with Gasteiger partial charge < -0.3 is 15.5 Å². The van der Waals surface area contributed by atoms with Gasteiger partial charge in [0.1, 0.15) is 5.82 Å². The van der Waals surface area contributed by atoms with Gasteiger partial charge in [-0.15, -0.1) is 5.10 Å². The molecule has 3 heterocycles. The summed E-state index contributed by atoms with van der Waals surface area (Å²) in [7, 11) is 2.04. The summed E-state index contributed by atoms with van der Waals surface area (Å²) in [5.41, 5.74) is 6.63. The molecule has 1 unspecified atom stereocenters. The van der Waals surface area contributed by atoms with Crippen LogP contribution in [0.1, 0.15) is 18.5 Å². The number of nitrogens with two attached hydrogens (primary N) is 1. The molecule has 0 saturated carbocycles. The molecule has 1 aliphatic rings. The van der Waals surface area contributed by atoms with Crippen LogP contribution in [0.5, 0.6) is 0 Å². The number of rotatable bonds is 4. The maximum Gasteiger partial charge on any atom is 0.222 e. The van der Waals surface area contributed by atoms with Gasteiger partial charge >= 0.3 is 0 Å². The molecule has 0 spiro atoms. The maximum atomic E-state index is 5.75. The van der Waals surface area contributed by atoms with E-state index in [1.165, 1.54) is 6.42 Å². The minimum Gasteiger partial charge on any atom is -0.368 e. The van der Waals surface area contributed by atoms with Crippen LogP contribution in [0.15, 0.2) is 24.4 Å². The normalized spacial score (nSPS) is 17.7. The monoisotopic (exact) mass is 299 g/mol. The number of nitrogens with zero attached hydrogens (tertiary/aromatic N) is 6. The third-order valence-corrected chi connectivity index (χ3v) is 3.96. The van der Waals surface area contributed by atoms with Gasteiger partial charge in [-0.2, -0.15) is 10.1 Å². The van der Waals surface area contributed by atoms with Crippen molar-refractivity contribution in [1.82, 2.24) is 20.2 Å². The van der Waals surface area contributed by atoms with Gasteiger partial charge in [0.25, 0.3) is 0 Å². The van der Waals surface area contributed by atoms with Gasteiger partial charge in [0.05, 0.1) is 0 Å². The number of likely N-dealkylation sites (N-methyl/N-ethyl adjacent to an activating group) is 1. The van der Waals surface area contributed by atoms with E-state index < -0.39 is 0 Å². The highest BCUT2D eigenvalue weighted by Gasteiger charge is 2.27. The lowest BCUT2D eigenvalue weighted by atomic mass is 10.2. The van der Waals surface area contributed by atoms with Crippen LogP contribution in [0.25, 0.3) is 0 Å². The number of nitrogen functional groups attached to an aromatic ring is 1. The molecule has 1 saturated heterocycles. The van der Waals surface area contributed by atoms with Crippen LogP contribution >= 0.6 is 0 Å². The molecule has 0 bridgehead atoms. The number of hydrogen-bond donors (Lipinski definition) is 1. The van der Waals surface area contributed by atoms with Crippen molar-refractivity contribution in [2.45, 2.75) is 25.8 Å². The molecule has 0 aliphatic carbocycles. The Labute approximate surface area is 130 Å².